The predicted octanol–water partition coefficient (Wildman–Crippen LogP) is 3.09. The number of benzene rings is 1. The van der Waals surface area contributed by atoms with Gasteiger partial charge in [0, 0.05) is 30.4 Å². The number of hydrogen-bond donors (Lipinski definition) is 0. The number of hydrogen-bond acceptors (Lipinski definition) is 3. The van der Waals surface area contributed by atoms with Crippen LogP contribution in [0.3, 0.4) is 0 Å². The lowest BCUT2D eigenvalue weighted by Crippen LogP contribution is -2.31. The molecule has 2 heterocycles. The largest absolute Gasteiger partial charge is 0.306 e. The molecule has 0 radical (unpaired) electrons. The van der Waals surface area contributed by atoms with E-state index in [9.17, 15) is 4.39 Å². The summed E-state index contributed by atoms with van der Waals surface area (Å²) in [6, 6.07) is 6.78. The summed E-state index contributed by atoms with van der Waals surface area (Å²) in [5.41, 5.74) is 2.15. The van der Waals surface area contributed by atoms with E-state index in [1.165, 1.54) is 6.07 Å². The molecule has 1 atom stereocenters. The highest BCUT2D eigenvalue weighted by atomic mass is 19.1. The number of halogens is 1. The van der Waals surface area contributed by atoms with Crippen LogP contribution in [0.4, 0.5) is 4.39 Å². The summed E-state index contributed by atoms with van der Waals surface area (Å²) in [6.45, 7) is 2.08. The van der Waals surface area contributed by atoms with Gasteiger partial charge >= 0.3 is 0 Å². The molecule has 4 heteroatoms. The van der Waals surface area contributed by atoms with Crippen LogP contribution in [-0.4, -0.2) is 35.0 Å². The van der Waals surface area contributed by atoms with Gasteiger partial charge in [0.25, 0.3) is 0 Å². The van der Waals surface area contributed by atoms with Crippen LogP contribution < -0.4 is 0 Å². The molecule has 1 saturated heterocycles. The lowest BCUT2D eigenvalue weighted by atomic mass is 9.91. The van der Waals surface area contributed by atoms with Crippen molar-refractivity contribution in [1.82, 2.24) is 14.9 Å². The van der Waals surface area contributed by atoms with Crippen LogP contribution >= 0.6 is 0 Å². The Bertz CT molecular complexity index is 600. The highest BCUT2D eigenvalue weighted by molar-refractivity contribution is 5.62. The smallest absolute Gasteiger partial charge is 0.132 e. The van der Waals surface area contributed by atoms with Crippen LogP contribution in [-0.2, 0) is 0 Å². The average molecular weight is 271 g/mol. The van der Waals surface area contributed by atoms with Crippen molar-refractivity contribution in [3.05, 3.63) is 48.2 Å². The SMILES string of the molecule is CN1CCCC(c2nccnc2-c2ccccc2F)C1. The van der Waals surface area contributed by atoms with E-state index in [1.54, 1.807) is 24.5 Å². The van der Waals surface area contributed by atoms with E-state index < -0.39 is 0 Å². The van der Waals surface area contributed by atoms with Crippen LogP contribution in [0.15, 0.2) is 36.7 Å². The fourth-order valence-electron chi connectivity index (χ4n) is 2.90. The Morgan fingerprint density at radius 3 is 2.80 bits per heavy atom. The minimum atomic E-state index is -0.238. The highest BCUT2D eigenvalue weighted by Gasteiger charge is 2.24. The van der Waals surface area contributed by atoms with Crippen molar-refractivity contribution >= 4 is 0 Å². The van der Waals surface area contributed by atoms with Crippen molar-refractivity contribution in [3.63, 3.8) is 0 Å². The summed E-state index contributed by atoms with van der Waals surface area (Å²) in [5.74, 6) is 0.0930. The maximum absolute atomic E-state index is 14.0. The highest BCUT2D eigenvalue weighted by Crippen LogP contribution is 2.32. The molecule has 1 aromatic carbocycles. The molecule has 3 nitrogen and oxygen atoms in total. The fraction of sp³-hybridized carbons (Fsp3) is 0.375. The zero-order valence-corrected chi connectivity index (χ0v) is 11.6. The topological polar surface area (TPSA) is 29.0 Å². The molecule has 20 heavy (non-hydrogen) atoms. The summed E-state index contributed by atoms with van der Waals surface area (Å²) in [6.07, 6.45) is 5.57. The second-order valence-corrected chi connectivity index (χ2v) is 5.37. The van der Waals surface area contributed by atoms with Gasteiger partial charge in [0.15, 0.2) is 0 Å². The van der Waals surface area contributed by atoms with Crippen molar-refractivity contribution in [2.75, 3.05) is 20.1 Å². The molecule has 104 valence electrons. The molecule has 3 rings (SSSR count). The molecule has 1 aliphatic heterocycles. The molecule has 0 saturated carbocycles. The van der Waals surface area contributed by atoms with Crippen LogP contribution in [0.2, 0.25) is 0 Å². The van der Waals surface area contributed by atoms with Crippen LogP contribution in [0.1, 0.15) is 24.5 Å². The first-order valence-corrected chi connectivity index (χ1v) is 7.00. The van der Waals surface area contributed by atoms with E-state index in [0.29, 0.717) is 17.2 Å². The van der Waals surface area contributed by atoms with Crippen molar-refractivity contribution in [1.29, 1.82) is 0 Å². The van der Waals surface area contributed by atoms with Gasteiger partial charge in [0.2, 0.25) is 0 Å². The van der Waals surface area contributed by atoms with Crippen molar-refractivity contribution in [3.8, 4) is 11.3 Å². The summed E-state index contributed by atoms with van der Waals surface area (Å²) in [7, 11) is 2.12. The first-order valence-electron chi connectivity index (χ1n) is 7.00. The van der Waals surface area contributed by atoms with Gasteiger partial charge in [-0.1, -0.05) is 12.1 Å². The Hall–Kier alpha value is -1.81. The second-order valence-electron chi connectivity index (χ2n) is 5.37. The zero-order chi connectivity index (χ0) is 13.9. The average Bonchev–Trinajstić information content (AvgIpc) is 2.48. The molecule has 1 aromatic heterocycles. The molecular formula is C16H18FN3. The molecule has 0 bridgehead atoms. The van der Waals surface area contributed by atoms with Gasteiger partial charge in [0.1, 0.15) is 5.82 Å². The van der Waals surface area contributed by atoms with E-state index in [-0.39, 0.29) is 5.82 Å². The number of likely N-dealkylation sites (tertiary alicyclic amines) is 1. The van der Waals surface area contributed by atoms with Crippen molar-refractivity contribution in [2.24, 2.45) is 0 Å². The van der Waals surface area contributed by atoms with Gasteiger partial charge in [0.05, 0.1) is 11.4 Å². The first kappa shape index (κ1) is 13.2. The summed E-state index contributed by atoms with van der Waals surface area (Å²) >= 11 is 0. The van der Waals surface area contributed by atoms with Crippen molar-refractivity contribution in [2.45, 2.75) is 18.8 Å². The quantitative estimate of drug-likeness (QED) is 0.840. The third kappa shape index (κ3) is 2.56. The van der Waals surface area contributed by atoms with E-state index in [4.69, 9.17) is 0 Å². The number of likely N-dealkylation sites (N-methyl/N-ethyl adjacent to an activating group) is 1. The molecule has 1 unspecified atom stereocenters. The molecule has 0 spiro atoms. The Morgan fingerprint density at radius 2 is 2.00 bits per heavy atom. The van der Waals surface area contributed by atoms with Gasteiger partial charge in [-0.05, 0) is 38.6 Å². The molecule has 2 aromatic rings. The Morgan fingerprint density at radius 1 is 1.20 bits per heavy atom. The number of rotatable bonds is 2. The van der Waals surface area contributed by atoms with Crippen molar-refractivity contribution < 1.29 is 4.39 Å². The van der Waals surface area contributed by atoms with Gasteiger partial charge in [-0.3, -0.25) is 9.97 Å². The molecule has 0 aliphatic carbocycles. The molecule has 0 N–H and O–H groups in total. The van der Waals surface area contributed by atoms with Crippen LogP contribution in [0.25, 0.3) is 11.3 Å². The van der Waals surface area contributed by atoms with Gasteiger partial charge in [-0.2, -0.15) is 0 Å². The molecule has 1 aliphatic rings. The summed E-state index contributed by atoms with van der Waals surface area (Å²) < 4.78 is 14.0. The van der Waals surface area contributed by atoms with E-state index >= 15 is 0 Å². The zero-order valence-electron chi connectivity index (χ0n) is 11.6. The number of aromatic nitrogens is 2. The van der Waals surface area contributed by atoms with Crippen LogP contribution in [0, 0.1) is 5.82 Å². The van der Waals surface area contributed by atoms with E-state index in [1.807, 2.05) is 6.07 Å². The normalized spacial score (nSPS) is 20.0. The third-order valence-corrected chi connectivity index (χ3v) is 3.87. The molecule has 0 amide bonds. The lowest BCUT2D eigenvalue weighted by molar-refractivity contribution is 0.248. The van der Waals surface area contributed by atoms with Gasteiger partial charge in [-0.15, -0.1) is 0 Å². The second kappa shape index (κ2) is 5.67. The lowest BCUT2D eigenvalue weighted by Gasteiger charge is -2.30. The van der Waals surface area contributed by atoms with Gasteiger partial charge < -0.3 is 4.90 Å². The van der Waals surface area contributed by atoms with Gasteiger partial charge in [-0.25, -0.2) is 4.39 Å². The Kier molecular flexibility index (Phi) is 3.74. The standard InChI is InChI=1S/C16H18FN3/c1-20-10-4-5-12(11-20)15-16(19-9-8-18-15)13-6-2-3-7-14(13)17/h2-3,6-9,12H,4-5,10-11H2,1H3. The number of piperidine rings is 1. The van der Waals surface area contributed by atoms with Crippen LogP contribution in [0.5, 0.6) is 0 Å². The van der Waals surface area contributed by atoms with E-state index in [2.05, 4.69) is 21.9 Å². The third-order valence-electron chi connectivity index (χ3n) is 3.87. The molecular weight excluding hydrogens is 253 g/mol. The number of nitrogens with zero attached hydrogens (tertiary/aromatic N) is 3. The summed E-state index contributed by atoms with van der Waals surface area (Å²) in [5, 5.41) is 0. The maximum atomic E-state index is 14.0. The Balaban J connectivity index is 2.02. The predicted molar refractivity (Wildman–Crippen MR) is 76.9 cm³/mol. The molecule has 1 fully saturated rings. The summed E-state index contributed by atoms with van der Waals surface area (Å²) in [4.78, 5) is 11.2. The Labute approximate surface area is 118 Å². The fourth-order valence-corrected chi connectivity index (χ4v) is 2.90. The minimum Gasteiger partial charge on any atom is -0.306 e. The first-order chi connectivity index (χ1) is 9.75. The monoisotopic (exact) mass is 271 g/mol. The maximum Gasteiger partial charge on any atom is 0.132 e. The van der Waals surface area contributed by atoms with E-state index in [0.717, 1.165) is 31.6 Å². The minimum absolute atomic E-state index is 0.238.